The van der Waals surface area contributed by atoms with Crippen LogP contribution in [0.2, 0.25) is 0 Å². The first kappa shape index (κ1) is 40.0. The number of nitrogens with zero attached hydrogens (tertiary/aromatic N) is 8. The Bertz CT molecular complexity index is 2480. The van der Waals surface area contributed by atoms with E-state index in [0.717, 1.165) is 61.2 Å². The smallest absolute Gasteiger partial charge is 0.232 e. The van der Waals surface area contributed by atoms with Gasteiger partial charge in [0.15, 0.2) is 5.75 Å². The van der Waals surface area contributed by atoms with Crippen LogP contribution in [-0.4, -0.2) is 44.0 Å². The number of aromatic nitrogens is 4. The number of anilines is 2. The minimum atomic E-state index is -0.395. The minimum Gasteiger partial charge on any atom is -0.456 e. The summed E-state index contributed by atoms with van der Waals surface area (Å²) in [5, 5.41) is 19.0. The number of nitriles is 2. The normalized spacial score (nSPS) is 15.0. The molecule has 59 heavy (non-hydrogen) atoms. The molecule has 2 amide bonds. The molecule has 0 atom stereocenters. The number of ether oxygens (including phenoxy) is 2. The van der Waals surface area contributed by atoms with Crippen molar-refractivity contribution in [2.24, 2.45) is 5.41 Å². The van der Waals surface area contributed by atoms with Gasteiger partial charge in [0.25, 0.3) is 0 Å². The van der Waals surface area contributed by atoms with Gasteiger partial charge in [0.2, 0.25) is 11.8 Å². The van der Waals surface area contributed by atoms with E-state index in [-0.39, 0.29) is 11.8 Å². The van der Waals surface area contributed by atoms with Crippen LogP contribution in [0, 0.1) is 28.1 Å². The molecular weight excluding hydrogens is 741 g/mol. The molecule has 4 heterocycles. The number of carbonyl (C=O) groups is 2. The molecular formula is C47H46N8O4. The van der Waals surface area contributed by atoms with Crippen molar-refractivity contribution in [3.63, 3.8) is 0 Å². The van der Waals surface area contributed by atoms with Gasteiger partial charge < -0.3 is 28.4 Å². The molecule has 0 bridgehead atoms. The molecule has 2 saturated heterocycles. The molecule has 0 saturated carbocycles. The van der Waals surface area contributed by atoms with E-state index in [1.165, 1.54) is 0 Å². The maximum Gasteiger partial charge on any atom is 0.232 e. The Kier molecular flexibility index (Phi) is 12.5. The fourth-order valence-electron chi connectivity index (χ4n) is 7.33. The lowest BCUT2D eigenvalue weighted by atomic mass is 9.83. The van der Waals surface area contributed by atoms with Gasteiger partial charge in [0.1, 0.15) is 29.4 Å². The van der Waals surface area contributed by atoms with E-state index in [1.807, 2.05) is 113 Å². The van der Waals surface area contributed by atoms with Crippen LogP contribution in [0.5, 0.6) is 23.0 Å². The Hall–Kier alpha value is -7.18. The Morgan fingerprint density at radius 2 is 1.32 bits per heavy atom. The van der Waals surface area contributed by atoms with Gasteiger partial charge in [-0.2, -0.15) is 10.5 Å². The molecule has 2 aliphatic heterocycles. The molecule has 298 valence electrons. The summed E-state index contributed by atoms with van der Waals surface area (Å²) in [5.41, 5.74) is 4.10. The van der Waals surface area contributed by atoms with Gasteiger partial charge in [0, 0.05) is 74.6 Å². The van der Waals surface area contributed by atoms with E-state index in [1.54, 1.807) is 42.1 Å². The average Bonchev–Trinajstić information content (AvgIpc) is 3.91. The second-order valence-corrected chi connectivity index (χ2v) is 15.3. The molecule has 12 nitrogen and oxygen atoms in total. The van der Waals surface area contributed by atoms with Gasteiger partial charge in [-0.25, -0.2) is 9.97 Å². The Morgan fingerprint density at radius 1 is 0.678 bits per heavy atom. The molecule has 0 N–H and O–H groups in total. The lowest BCUT2D eigenvalue weighted by Gasteiger charge is -2.37. The Balaban J connectivity index is 0.000000179. The van der Waals surface area contributed by atoms with Crippen molar-refractivity contribution in [3.05, 3.63) is 145 Å². The largest absolute Gasteiger partial charge is 0.456 e. The lowest BCUT2D eigenvalue weighted by Crippen LogP contribution is -2.46. The van der Waals surface area contributed by atoms with Gasteiger partial charge in [-0.15, -0.1) is 0 Å². The molecule has 4 aromatic carbocycles. The first-order valence-electron chi connectivity index (χ1n) is 19.9. The number of para-hydroxylation sites is 2. The molecule has 0 aliphatic carbocycles. The highest BCUT2D eigenvalue weighted by molar-refractivity contribution is 5.99. The van der Waals surface area contributed by atoms with E-state index in [9.17, 15) is 20.1 Å². The number of amides is 2. The molecule has 2 fully saturated rings. The number of hydrogen-bond acceptors (Lipinski definition) is 8. The third-order valence-corrected chi connectivity index (χ3v) is 10.5. The maximum absolute atomic E-state index is 13.0. The van der Waals surface area contributed by atoms with Gasteiger partial charge in [-0.05, 0) is 85.3 Å². The second-order valence-electron chi connectivity index (χ2n) is 15.3. The van der Waals surface area contributed by atoms with Gasteiger partial charge in [-0.1, -0.05) is 50.6 Å². The molecule has 0 spiro atoms. The van der Waals surface area contributed by atoms with Crippen LogP contribution in [0.3, 0.4) is 0 Å². The van der Waals surface area contributed by atoms with Crippen molar-refractivity contribution >= 4 is 23.2 Å². The van der Waals surface area contributed by atoms with Gasteiger partial charge in [-0.3, -0.25) is 9.59 Å². The maximum atomic E-state index is 13.0. The summed E-state index contributed by atoms with van der Waals surface area (Å²) in [6.45, 7) is 6.63. The summed E-state index contributed by atoms with van der Waals surface area (Å²) in [7, 11) is 0. The monoisotopic (exact) mass is 786 g/mol. The summed E-state index contributed by atoms with van der Waals surface area (Å²) in [4.78, 5) is 37.2. The van der Waals surface area contributed by atoms with E-state index in [0.29, 0.717) is 60.2 Å². The van der Waals surface area contributed by atoms with Crippen molar-refractivity contribution < 1.29 is 19.1 Å². The molecule has 12 heteroatoms. The zero-order valence-electron chi connectivity index (χ0n) is 33.3. The van der Waals surface area contributed by atoms with E-state index >= 15 is 0 Å². The van der Waals surface area contributed by atoms with Crippen LogP contribution in [0.4, 0.5) is 11.4 Å². The van der Waals surface area contributed by atoms with E-state index in [2.05, 4.69) is 22.1 Å². The summed E-state index contributed by atoms with van der Waals surface area (Å²) >= 11 is 0. The third-order valence-electron chi connectivity index (χ3n) is 10.5. The standard InChI is InChI=1S/C24H24N4O2.C23H22N4O2/c1-24(2)10-5-12-28(23(24)29)20-6-3-4-7-21(20)30-22-14-18(8-9-19(22)15-25)16-27-13-11-26-17-27;24-15-19-9-8-18(16-26-12-10-25-17-26)13-22(19)29-21-6-4-5-20(14-21)27-11-3-1-2-7-23(27)28/h3-4,6-9,11,13-14,17H,5,10,12,16H2,1-2H3;4-6,8-10,12-14,17H,1-3,7,11,16H2. The quantitative estimate of drug-likeness (QED) is 0.134. The summed E-state index contributed by atoms with van der Waals surface area (Å²) in [5.74, 6) is 2.41. The van der Waals surface area contributed by atoms with Crippen molar-refractivity contribution in [1.82, 2.24) is 19.1 Å². The molecule has 2 aromatic heterocycles. The Morgan fingerprint density at radius 3 is 1.97 bits per heavy atom. The molecule has 0 unspecified atom stereocenters. The van der Waals surface area contributed by atoms with Gasteiger partial charge in [0.05, 0.1) is 29.5 Å². The zero-order valence-corrected chi connectivity index (χ0v) is 33.3. The second kappa shape index (κ2) is 18.4. The first-order chi connectivity index (χ1) is 28.7. The van der Waals surface area contributed by atoms with E-state index in [4.69, 9.17) is 9.47 Å². The number of imidazole rings is 2. The fourth-order valence-corrected chi connectivity index (χ4v) is 7.33. The summed E-state index contributed by atoms with van der Waals surface area (Å²) < 4.78 is 16.2. The van der Waals surface area contributed by atoms with Crippen LogP contribution < -0.4 is 19.3 Å². The number of carbonyl (C=O) groups excluding carboxylic acids is 2. The number of hydrogen-bond donors (Lipinski definition) is 0. The number of piperidine rings is 1. The van der Waals surface area contributed by atoms with Crippen LogP contribution in [0.25, 0.3) is 0 Å². The molecule has 0 radical (unpaired) electrons. The molecule has 6 aromatic rings. The molecule has 8 rings (SSSR count). The average molecular weight is 787 g/mol. The van der Waals surface area contributed by atoms with Crippen molar-refractivity contribution in [2.45, 2.75) is 65.5 Å². The first-order valence-corrected chi connectivity index (χ1v) is 19.9. The van der Waals surface area contributed by atoms with Crippen LogP contribution in [0.15, 0.2) is 122 Å². The fraction of sp³-hybridized carbons (Fsp3) is 0.277. The molecule has 2 aliphatic rings. The van der Waals surface area contributed by atoms with Crippen LogP contribution >= 0.6 is 0 Å². The number of rotatable bonds is 10. The lowest BCUT2D eigenvalue weighted by molar-refractivity contribution is -0.128. The highest BCUT2D eigenvalue weighted by Gasteiger charge is 2.37. The van der Waals surface area contributed by atoms with Crippen LogP contribution in [-0.2, 0) is 22.7 Å². The minimum absolute atomic E-state index is 0.0964. The predicted molar refractivity (Wildman–Crippen MR) is 224 cm³/mol. The highest BCUT2D eigenvalue weighted by atomic mass is 16.5. The topological polar surface area (TPSA) is 142 Å². The summed E-state index contributed by atoms with van der Waals surface area (Å²) in [6, 6.07) is 30.5. The summed E-state index contributed by atoms with van der Waals surface area (Å²) in [6.07, 6.45) is 16.2. The van der Waals surface area contributed by atoms with Crippen molar-refractivity contribution in [2.75, 3.05) is 22.9 Å². The third kappa shape index (κ3) is 9.86. The SMILES string of the molecule is CC1(C)CCCN(c2ccccc2Oc2cc(Cn3ccnc3)ccc2C#N)C1=O.N#Cc1ccc(Cn2ccnc2)cc1Oc1cccc(N2CCCCCC2=O)c1. The Labute approximate surface area is 344 Å². The van der Waals surface area contributed by atoms with Crippen molar-refractivity contribution in [3.8, 4) is 35.1 Å². The predicted octanol–water partition coefficient (Wildman–Crippen LogP) is 9.25. The van der Waals surface area contributed by atoms with Crippen molar-refractivity contribution in [1.29, 1.82) is 10.5 Å². The zero-order chi connectivity index (χ0) is 41.2. The van der Waals surface area contributed by atoms with E-state index < -0.39 is 5.41 Å². The number of benzene rings is 4. The highest BCUT2D eigenvalue weighted by Crippen LogP contribution is 2.39. The van der Waals surface area contributed by atoms with Crippen LogP contribution in [0.1, 0.15) is 74.6 Å². The van der Waals surface area contributed by atoms with Gasteiger partial charge >= 0.3 is 0 Å².